The zero-order chi connectivity index (χ0) is 14.7. The van der Waals surface area contributed by atoms with Crippen molar-refractivity contribution in [1.29, 1.82) is 0 Å². The van der Waals surface area contributed by atoms with Gasteiger partial charge in [0.1, 0.15) is 0 Å². The molecule has 1 fully saturated rings. The fourth-order valence-electron chi connectivity index (χ4n) is 3.86. The van der Waals surface area contributed by atoms with Crippen LogP contribution in [0.3, 0.4) is 0 Å². The monoisotopic (exact) mass is 268 g/mol. The minimum absolute atomic E-state index is 0.359. The molecule has 1 saturated carbocycles. The predicted octanol–water partition coefficient (Wildman–Crippen LogP) is 3.91. The van der Waals surface area contributed by atoms with Crippen LogP contribution >= 0.6 is 0 Å². The third-order valence-corrected chi connectivity index (χ3v) is 5.08. The highest BCUT2D eigenvalue weighted by Gasteiger charge is 2.42. The lowest BCUT2D eigenvalue weighted by molar-refractivity contribution is 0.0332. The first-order valence-electron chi connectivity index (χ1n) is 8.06. The highest BCUT2D eigenvalue weighted by atomic mass is 15.2. The Morgan fingerprint density at radius 2 is 1.95 bits per heavy atom. The molecule has 0 radical (unpaired) electrons. The molecule has 3 unspecified atom stereocenters. The van der Waals surface area contributed by atoms with E-state index in [9.17, 15) is 0 Å². The van der Waals surface area contributed by atoms with E-state index in [4.69, 9.17) is 0 Å². The van der Waals surface area contributed by atoms with Crippen molar-refractivity contribution in [3.63, 3.8) is 0 Å². The van der Waals surface area contributed by atoms with Gasteiger partial charge in [-0.1, -0.05) is 40.5 Å². The third kappa shape index (κ3) is 4.46. The maximum atomic E-state index is 3.65. The second-order valence-corrected chi connectivity index (χ2v) is 8.14. The lowest BCUT2D eigenvalue weighted by atomic mass is 9.69. The first-order chi connectivity index (χ1) is 8.71. The molecule has 0 bridgehead atoms. The first-order valence-corrected chi connectivity index (χ1v) is 8.06. The smallest absolute Gasteiger partial charge is 0.0358 e. The Morgan fingerprint density at radius 3 is 2.37 bits per heavy atom. The average molecular weight is 268 g/mol. The molecule has 114 valence electrons. The molecule has 1 N–H and O–H groups in total. The van der Waals surface area contributed by atoms with E-state index in [-0.39, 0.29) is 0 Å². The predicted molar refractivity (Wildman–Crippen MR) is 85.6 cm³/mol. The fourth-order valence-corrected chi connectivity index (χ4v) is 3.86. The molecule has 0 spiro atoms. The van der Waals surface area contributed by atoms with E-state index >= 15 is 0 Å². The van der Waals surface area contributed by atoms with Gasteiger partial charge in [0.25, 0.3) is 0 Å². The van der Waals surface area contributed by atoms with Crippen LogP contribution in [0.5, 0.6) is 0 Å². The third-order valence-electron chi connectivity index (χ3n) is 5.08. The molecular weight excluding hydrogens is 232 g/mol. The van der Waals surface area contributed by atoms with E-state index < -0.39 is 0 Å². The molecule has 0 aromatic carbocycles. The molecule has 1 rings (SSSR count). The quantitative estimate of drug-likeness (QED) is 0.813. The van der Waals surface area contributed by atoms with Crippen molar-refractivity contribution in [3.05, 3.63) is 0 Å². The van der Waals surface area contributed by atoms with E-state index in [1.54, 1.807) is 0 Å². The zero-order valence-corrected chi connectivity index (χ0v) is 14.3. The molecule has 0 aromatic heterocycles. The Bertz CT molecular complexity index is 267. The van der Waals surface area contributed by atoms with Gasteiger partial charge in [0, 0.05) is 11.6 Å². The van der Waals surface area contributed by atoms with Crippen molar-refractivity contribution in [3.8, 4) is 0 Å². The molecule has 0 saturated heterocycles. The Balaban J connectivity index is 2.82. The largest absolute Gasteiger partial charge is 0.315 e. The van der Waals surface area contributed by atoms with Crippen LogP contribution in [0, 0.1) is 11.3 Å². The Morgan fingerprint density at radius 1 is 1.32 bits per heavy atom. The number of rotatable bonds is 5. The number of nitrogens with one attached hydrogen (secondary N) is 1. The van der Waals surface area contributed by atoms with Crippen molar-refractivity contribution in [2.24, 2.45) is 11.3 Å². The lowest BCUT2D eigenvalue weighted by Gasteiger charge is -2.50. The van der Waals surface area contributed by atoms with Crippen molar-refractivity contribution in [1.82, 2.24) is 10.2 Å². The summed E-state index contributed by atoms with van der Waals surface area (Å²) in [7, 11) is 6.71. The minimum atomic E-state index is 0.359. The molecule has 3 atom stereocenters. The second-order valence-electron chi connectivity index (χ2n) is 8.14. The van der Waals surface area contributed by atoms with Gasteiger partial charge < -0.3 is 10.2 Å². The van der Waals surface area contributed by atoms with E-state index in [1.807, 2.05) is 0 Å². The van der Waals surface area contributed by atoms with E-state index in [0.717, 1.165) is 5.92 Å². The molecule has 1 aliphatic rings. The topological polar surface area (TPSA) is 15.3 Å². The van der Waals surface area contributed by atoms with Crippen molar-refractivity contribution >= 4 is 0 Å². The van der Waals surface area contributed by atoms with Crippen molar-refractivity contribution in [2.45, 2.75) is 77.8 Å². The molecule has 0 amide bonds. The van der Waals surface area contributed by atoms with Crippen LogP contribution in [0.15, 0.2) is 0 Å². The van der Waals surface area contributed by atoms with Crippen LogP contribution in [0.4, 0.5) is 0 Å². The zero-order valence-electron chi connectivity index (χ0n) is 14.3. The van der Waals surface area contributed by atoms with Crippen LogP contribution in [-0.4, -0.2) is 37.6 Å². The Labute approximate surface area is 121 Å². The normalized spacial score (nSPS) is 30.6. The highest BCUT2D eigenvalue weighted by molar-refractivity contribution is 5.01. The number of hydrogen-bond acceptors (Lipinski definition) is 2. The number of hydrogen-bond donors (Lipinski definition) is 1. The molecule has 2 nitrogen and oxygen atoms in total. The van der Waals surface area contributed by atoms with Gasteiger partial charge in [-0.2, -0.15) is 0 Å². The van der Waals surface area contributed by atoms with Crippen LogP contribution in [0.1, 0.15) is 66.2 Å². The molecule has 1 aliphatic carbocycles. The minimum Gasteiger partial charge on any atom is -0.315 e. The summed E-state index contributed by atoms with van der Waals surface area (Å²) >= 11 is 0. The van der Waals surface area contributed by atoms with Crippen LogP contribution in [0.25, 0.3) is 0 Å². The fraction of sp³-hybridized carbons (Fsp3) is 1.00. The standard InChI is InChI=1S/C17H36N2/c1-14-9-8-11-17(13-14,19(6)7)15(18-5)10-12-16(2,3)4/h14-15,18H,8-13H2,1-7H3. The lowest BCUT2D eigenvalue weighted by Crippen LogP contribution is -2.60. The van der Waals surface area contributed by atoms with Crippen molar-refractivity contribution < 1.29 is 0 Å². The van der Waals surface area contributed by atoms with Crippen LogP contribution in [0.2, 0.25) is 0 Å². The van der Waals surface area contributed by atoms with Crippen LogP contribution in [-0.2, 0) is 0 Å². The summed E-state index contributed by atoms with van der Waals surface area (Å²) < 4.78 is 0. The summed E-state index contributed by atoms with van der Waals surface area (Å²) in [5.41, 5.74) is 0.792. The second kappa shape index (κ2) is 6.58. The van der Waals surface area contributed by atoms with E-state index in [2.05, 4.69) is 59.1 Å². The molecule has 19 heavy (non-hydrogen) atoms. The maximum Gasteiger partial charge on any atom is 0.0358 e. The average Bonchev–Trinajstić information content (AvgIpc) is 2.28. The Hall–Kier alpha value is -0.0800. The molecular formula is C17H36N2. The molecule has 0 aliphatic heterocycles. The van der Waals surface area contributed by atoms with Gasteiger partial charge in [-0.3, -0.25) is 0 Å². The van der Waals surface area contributed by atoms with Gasteiger partial charge in [0.15, 0.2) is 0 Å². The molecule has 0 heterocycles. The summed E-state index contributed by atoms with van der Waals surface area (Å²) in [5.74, 6) is 0.863. The van der Waals surface area contributed by atoms with Crippen molar-refractivity contribution in [2.75, 3.05) is 21.1 Å². The molecule has 2 heteroatoms. The van der Waals surface area contributed by atoms with E-state index in [0.29, 0.717) is 17.0 Å². The maximum absolute atomic E-state index is 3.65. The Kier molecular flexibility index (Phi) is 5.88. The molecule has 0 aromatic rings. The highest BCUT2D eigenvalue weighted by Crippen LogP contribution is 2.40. The van der Waals surface area contributed by atoms with Gasteiger partial charge in [0.05, 0.1) is 0 Å². The van der Waals surface area contributed by atoms with Gasteiger partial charge in [-0.15, -0.1) is 0 Å². The van der Waals surface area contributed by atoms with Gasteiger partial charge in [-0.25, -0.2) is 0 Å². The number of nitrogens with zero attached hydrogens (tertiary/aromatic N) is 1. The summed E-state index contributed by atoms with van der Waals surface area (Å²) in [6, 6.07) is 0.615. The van der Waals surface area contributed by atoms with Crippen LogP contribution < -0.4 is 5.32 Å². The summed E-state index contributed by atoms with van der Waals surface area (Å²) in [6.07, 6.45) is 8.06. The first kappa shape index (κ1) is 17.0. The summed E-state index contributed by atoms with van der Waals surface area (Å²) in [4.78, 5) is 2.51. The number of likely N-dealkylation sites (N-methyl/N-ethyl adjacent to an activating group) is 2. The SMILES string of the molecule is CNC(CCC(C)(C)C)C1(N(C)C)CCCC(C)C1. The summed E-state index contributed by atoms with van der Waals surface area (Å²) in [6.45, 7) is 9.48. The summed E-state index contributed by atoms with van der Waals surface area (Å²) in [5, 5.41) is 3.65. The van der Waals surface area contributed by atoms with E-state index in [1.165, 1.54) is 38.5 Å². The van der Waals surface area contributed by atoms with Gasteiger partial charge in [-0.05, 0) is 58.2 Å². The van der Waals surface area contributed by atoms with Gasteiger partial charge in [0.2, 0.25) is 0 Å². The van der Waals surface area contributed by atoms with Gasteiger partial charge >= 0.3 is 0 Å².